The number of nitrogens with one attached hydrogen (secondary N) is 1. The van der Waals surface area contributed by atoms with Crippen LogP contribution in [0.2, 0.25) is 0 Å². The molecule has 3 rings (SSSR count). The van der Waals surface area contributed by atoms with Gasteiger partial charge in [0.1, 0.15) is 0 Å². The fourth-order valence-corrected chi connectivity index (χ4v) is 4.06. The van der Waals surface area contributed by atoms with Crippen molar-refractivity contribution in [3.8, 4) is 0 Å². The number of likely N-dealkylation sites (tertiary alicyclic amines) is 1. The zero-order chi connectivity index (χ0) is 15.4. The molecule has 1 N–H and O–H groups in total. The summed E-state index contributed by atoms with van der Waals surface area (Å²) in [4.78, 5) is 16.9. The van der Waals surface area contributed by atoms with Crippen molar-refractivity contribution in [3.63, 3.8) is 0 Å². The number of carbonyl (C=O) groups excluding carboxylic acids is 1. The maximum atomic E-state index is 12.5. The van der Waals surface area contributed by atoms with Gasteiger partial charge in [0.05, 0.1) is 12.6 Å². The highest BCUT2D eigenvalue weighted by molar-refractivity contribution is 5.78. The van der Waals surface area contributed by atoms with Gasteiger partial charge in [-0.3, -0.25) is 9.69 Å². The largest absolute Gasteiger partial charge is 0.377 e. The Morgan fingerprint density at radius 1 is 1.36 bits per heavy atom. The SMILES string of the molecule is CC1(CN(CC(=O)N2CCCC2)CC2CCCO2)CCNC1. The quantitative estimate of drug-likeness (QED) is 0.798. The Kier molecular flexibility index (Phi) is 5.37. The summed E-state index contributed by atoms with van der Waals surface area (Å²) in [6, 6.07) is 0. The van der Waals surface area contributed by atoms with E-state index in [4.69, 9.17) is 4.74 Å². The molecule has 1 amide bonds. The van der Waals surface area contributed by atoms with Gasteiger partial charge in [0, 0.05) is 39.3 Å². The highest BCUT2D eigenvalue weighted by Crippen LogP contribution is 2.26. The van der Waals surface area contributed by atoms with E-state index < -0.39 is 0 Å². The summed E-state index contributed by atoms with van der Waals surface area (Å²) < 4.78 is 5.81. The van der Waals surface area contributed by atoms with Crippen molar-refractivity contribution in [1.82, 2.24) is 15.1 Å². The van der Waals surface area contributed by atoms with E-state index >= 15 is 0 Å². The molecule has 126 valence electrons. The van der Waals surface area contributed by atoms with Crippen LogP contribution in [0.1, 0.15) is 39.0 Å². The second-order valence-corrected chi connectivity index (χ2v) is 7.63. The van der Waals surface area contributed by atoms with Crippen molar-refractivity contribution in [2.24, 2.45) is 5.41 Å². The molecule has 0 radical (unpaired) electrons. The van der Waals surface area contributed by atoms with E-state index in [-0.39, 0.29) is 0 Å². The molecule has 2 atom stereocenters. The van der Waals surface area contributed by atoms with Crippen LogP contribution in [0.3, 0.4) is 0 Å². The monoisotopic (exact) mass is 309 g/mol. The lowest BCUT2D eigenvalue weighted by molar-refractivity contribution is -0.132. The molecule has 0 saturated carbocycles. The van der Waals surface area contributed by atoms with Gasteiger partial charge >= 0.3 is 0 Å². The van der Waals surface area contributed by atoms with E-state index in [1.807, 2.05) is 4.90 Å². The van der Waals surface area contributed by atoms with Gasteiger partial charge < -0.3 is 15.0 Å². The van der Waals surface area contributed by atoms with Crippen LogP contribution in [-0.4, -0.2) is 74.2 Å². The van der Waals surface area contributed by atoms with Gasteiger partial charge in [0.2, 0.25) is 5.91 Å². The predicted molar refractivity (Wildman–Crippen MR) is 86.8 cm³/mol. The van der Waals surface area contributed by atoms with E-state index in [2.05, 4.69) is 17.1 Å². The van der Waals surface area contributed by atoms with Crippen molar-refractivity contribution in [1.29, 1.82) is 0 Å². The Balaban J connectivity index is 1.58. The Bertz CT molecular complexity index is 370. The van der Waals surface area contributed by atoms with Crippen LogP contribution >= 0.6 is 0 Å². The highest BCUT2D eigenvalue weighted by Gasteiger charge is 2.33. The minimum absolute atomic E-state index is 0.296. The molecular formula is C17H31N3O2. The molecule has 0 spiro atoms. The van der Waals surface area contributed by atoms with Crippen LogP contribution in [0, 0.1) is 5.41 Å². The molecule has 0 aliphatic carbocycles. The van der Waals surface area contributed by atoms with Crippen molar-refractivity contribution in [2.75, 3.05) is 52.4 Å². The first-order valence-corrected chi connectivity index (χ1v) is 8.97. The second kappa shape index (κ2) is 7.28. The average Bonchev–Trinajstić information content (AvgIpc) is 3.19. The summed E-state index contributed by atoms with van der Waals surface area (Å²) in [7, 11) is 0. The smallest absolute Gasteiger partial charge is 0.236 e. The number of carbonyl (C=O) groups is 1. The van der Waals surface area contributed by atoms with Gasteiger partial charge in [-0.1, -0.05) is 6.92 Å². The number of nitrogens with zero attached hydrogens (tertiary/aromatic N) is 2. The number of amides is 1. The Morgan fingerprint density at radius 3 is 2.82 bits per heavy atom. The average molecular weight is 309 g/mol. The van der Waals surface area contributed by atoms with Crippen molar-refractivity contribution in [3.05, 3.63) is 0 Å². The summed E-state index contributed by atoms with van der Waals surface area (Å²) in [6.07, 6.45) is 6.16. The number of ether oxygens (including phenoxy) is 1. The molecule has 3 aliphatic heterocycles. The normalized spacial score (nSPS) is 32.3. The van der Waals surface area contributed by atoms with Gasteiger partial charge in [0.25, 0.3) is 0 Å². The van der Waals surface area contributed by atoms with Gasteiger partial charge in [-0.15, -0.1) is 0 Å². The van der Waals surface area contributed by atoms with E-state index in [0.717, 1.165) is 58.7 Å². The predicted octanol–water partition coefficient (Wildman–Crippen LogP) is 1.09. The highest BCUT2D eigenvalue weighted by atomic mass is 16.5. The summed E-state index contributed by atoms with van der Waals surface area (Å²) >= 11 is 0. The molecular weight excluding hydrogens is 278 g/mol. The van der Waals surface area contributed by atoms with Crippen LogP contribution < -0.4 is 5.32 Å². The number of rotatable bonds is 6. The fraction of sp³-hybridized carbons (Fsp3) is 0.941. The molecule has 3 fully saturated rings. The topological polar surface area (TPSA) is 44.8 Å². The van der Waals surface area contributed by atoms with E-state index in [1.165, 1.54) is 19.3 Å². The van der Waals surface area contributed by atoms with Crippen LogP contribution in [0.15, 0.2) is 0 Å². The van der Waals surface area contributed by atoms with Gasteiger partial charge in [0.15, 0.2) is 0 Å². The third-order valence-electron chi connectivity index (χ3n) is 5.37. The Morgan fingerprint density at radius 2 is 2.18 bits per heavy atom. The molecule has 2 unspecified atom stereocenters. The molecule has 5 heteroatoms. The number of hydrogen-bond donors (Lipinski definition) is 1. The molecule has 0 aromatic heterocycles. The fourth-order valence-electron chi connectivity index (χ4n) is 4.06. The zero-order valence-corrected chi connectivity index (χ0v) is 14.0. The first kappa shape index (κ1) is 16.2. The minimum Gasteiger partial charge on any atom is -0.377 e. The lowest BCUT2D eigenvalue weighted by atomic mass is 9.89. The summed E-state index contributed by atoms with van der Waals surface area (Å²) in [6.45, 7) is 9.77. The molecule has 3 saturated heterocycles. The molecule has 0 bridgehead atoms. The Labute approximate surface area is 134 Å². The molecule has 22 heavy (non-hydrogen) atoms. The molecule has 0 aromatic carbocycles. The molecule has 3 heterocycles. The first-order valence-electron chi connectivity index (χ1n) is 8.97. The van der Waals surface area contributed by atoms with Crippen molar-refractivity contribution < 1.29 is 9.53 Å². The summed E-state index contributed by atoms with van der Waals surface area (Å²) in [5.74, 6) is 0.310. The summed E-state index contributed by atoms with van der Waals surface area (Å²) in [5, 5.41) is 3.47. The maximum absolute atomic E-state index is 12.5. The molecule has 3 aliphatic rings. The minimum atomic E-state index is 0.296. The maximum Gasteiger partial charge on any atom is 0.236 e. The van der Waals surface area contributed by atoms with Crippen LogP contribution in [0.25, 0.3) is 0 Å². The number of hydrogen-bond acceptors (Lipinski definition) is 4. The van der Waals surface area contributed by atoms with Crippen molar-refractivity contribution >= 4 is 5.91 Å². The van der Waals surface area contributed by atoms with E-state index in [9.17, 15) is 4.79 Å². The lowest BCUT2D eigenvalue weighted by Crippen LogP contribution is -2.46. The third-order valence-corrected chi connectivity index (χ3v) is 5.37. The lowest BCUT2D eigenvalue weighted by Gasteiger charge is -2.33. The van der Waals surface area contributed by atoms with Gasteiger partial charge in [-0.25, -0.2) is 0 Å². The summed E-state index contributed by atoms with van der Waals surface area (Å²) in [5.41, 5.74) is 0.296. The third kappa shape index (κ3) is 4.21. The first-order chi connectivity index (χ1) is 10.6. The molecule has 5 nitrogen and oxygen atoms in total. The van der Waals surface area contributed by atoms with Gasteiger partial charge in [-0.2, -0.15) is 0 Å². The second-order valence-electron chi connectivity index (χ2n) is 7.63. The van der Waals surface area contributed by atoms with Crippen LogP contribution in [0.4, 0.5) is 0 Å². The standard InChI is InChI=1S/C17H31N3O2/c1-17(6-7-18-13-17)14-19(11-15-5-4-10-22-15)12-16(21)20-8-2-3-9-20/h15,18H,2-14H2,1H3. The Hall–Kier alpha value is -0.650. The van der Waals surface area contributed by atoms with Crippen LogP contribution in [0.5, 0.6) is 0 Å². The van der Waals surface area contributed by atoms with Crippen molar-refractivity contribution in [2.45, 2.75) is 45.1 Å². The van der Waals surface area contributed by atoms with Gasteiger partial charge in [-0.05, 0) is 44.1 Å². The molecule has 0 aromatic rings. The van der Waals surface area contributed by atoms with E-state index in [1.54, 1.807) is 0 Å². The van der Waals surface area contributed by atoms with Crippen LogP contribution in [-0.2, 0) is 9.53 Å². The van der Waals surface area contributed by atoms with E-state index in [0.29, 0.717) is 24.0 Å². The zero-order valence-electron chi connectivity index (χ0n) is 14.0.